The third-order valence-corrected chi connectivity index (χ3v) is 3.27. The molecular weight excluding hydrogens is 172 g/mol. The van der Waals surface area contributed by atoms with E-state index in [4.69, 9.17) is 0 Å². The summed E-state index contributed by atoms with van der Waals surface area (Å²) < 4.78 is 0. The van der Waals surface area contributed by atoms with Gasteiger partial charge in [-0.05, 0) is 32.6 Å². The van der Waals surface area contributed by atoms with E-state index in [-0.39, 0.29) is 0 Å². The Hall–Kier alpha value is -1.02. The van der Waals surface area contributed by atoms with Gasteiger partial charge in [0.15, 0.2) is 0 Å². The Balaban J connectivity index is 2.26. The van der Waals surface area contributed by atoms with E-state index in [2.05, 4.69) is 55.5 Å². The van der Waals surface area contributed by atoms with Crippen molar-refractivity contribution >= 4 is 5.69 Å². The highest BCUT2D eigenvalue weighted by Crippen LogP contribution is 2.34. The summed E-state index contributed by atoms with van der Waals surface area (Å²) in [7, 11) is 4.29. The van der Waals surface area contributed by atoms with Crippen molar-refractivity contribution in [2.24, 2.45) is 0 Å². The Labute approximate surface area is 85.9 Å². The summed E-state index contributed by atoms with van der Waals surface area (Å²) in [5, 5.41) is 3.46. The van der Waals surface area contributed by atoms with Crippen LogP contribution in [0.5, 0.6) is 0 Å². The summed E-state index contributed by atoms with van der Waals surface area (Å²) in [6.45, 7) is 3.35. The Bertz CT molecular complexity index is 320. The standard InChI is InChI=1S/C12H18N2/c1-9(14(2)3)11-8-13-12-7-5-4-6-10(11)12/h4-7,9,11,13H,8H2,1-3H3. The van der Waals surface area contributed by atoms with Crippen LogP contribution in [0.25, 0.3) is 0 Å². The van der Waals surface area contributed by atoms with Crippen LogP contribution in [0.3, 0.4) is 0 Å². The van der Waals surface area contributed by atoms with Crippen molar-refractivity contribution in [3.63, 3.8) is 0 Å². The average molecular weight is 190 g/mol. The zero-order valence-corrected chi connectivity index (χ0v) is 9.12. The van der Waals surface area contributed by atoms with E-state index in [0.29, 0.717) is 12.0 Å². The molecule has 1 aromatic rings. The number of nitrogens with one attached hydrogen (secondary N) is 1. The predicted molar refractivity (Wildman–Crippen MR) is 60.8 cm³/mol. The number of rotatable bonds is 2. The first-order valence-corrected chi connectivity index (χ1v) is 5.19. The van der Waals surface area contributed by atoms with Gasteiger partial charge < -0.3 is 10.2 Å². The molecule has 1 aliphatic heterocycles. The maximum absolute atomic E-state index is 3.46. The minimum atomic E-state index is 0.589. The van der Waals surface area contributed by atoms with Crippen LogP contribution >= 0.6 is 0 Å². The van der Waals surface area contributed by atoms with Gasteiger partial charge in [0.2, 0.25) is 0 Å². The fourth-order valence-corrected chi connectivity index (χ4v) is 2.10. The molecule has 0 fully saturated rings. The molecule has 0 bridgehead atoms. The van der Waals surface area contributed by atoms with Crippen LogP contribution in [0.4, 0.5) is 5.69 Å². The number of fused-ring (bicyclic) bond motifs is 1. The Morgan fingerprint density at radius 1 is 1.36 bits per heavy atom. The highest BCUT2D eigenvalue weighted by atomic mass is 15.1. The second-order valence-electron chi connectivity index (χ2n) is 4.28. The molecule has 1 heterocycles. The number of hydrogen-bond donors (Lipinski definition) is 1. The van der Waals surface area contributed by atoms with Crippen molar-refractivity contribution in [2.45, 2.75) is 18.9 Å². The molecule has 76 valence electrons. The molecule has 1 aliphatic rings. The molecule has 0 saturated heterocycles. The third kappa shape index (κ3) is 1.50. The van der Waals surface area contributed by atoms with Gasteiger partial charge in [-0.1, -0.05) is 18.2 Å². The molecular formula is C12H18N2. The van der Waals surface area contributed by atoms with Crippen LogP contribution in [-0.4, -0.2) is 31.6 Å². The lowest BCUT2D eigenvalue weighted by molar-refractivity contribution is 0.280. The average Bonchev–Trinajstić information content (AvgIpc) is 2.60. The number of nitrogens with zero attached hydrogens (tertiary/aromatic N) is 1. The van der Waals surface area contributed by atoms with E-state index < -0.39 is 0 Å². The third-order valence-electron chi connectivity index (χ3n) is 3.27. The molecule has 2 unspecified atom stereocenters. The van der Waals surface area contributed by atoms with Crippen molar-refractivity contribution in [1.29, 1.82) is 0 Å². The fraction of sp³-hybridized carbons (Fsp3) is 0.500. The monoisotopic (exact) mass is 190 g/mol. The minimum Gasteiger partial charge on any atom is -0.384 e. The summed E-state index contributed by atoms with van der Waals surface area (Å²) in [6.07, 6.45) is 0. The van der Waals surface area contributed by atoms with Gasteiger partial charge in [-0.3, -0.25) is 0 Å². The van der Waals surface area contributed by atoms with Crippen LogP contribution < -0.4 is 5.32 Å². The molecule has 14 heavy (non-hydrogen) atoms. The molecule has 0 radical (unpaired) electrons. The number of anilines is 1. The molecule has 0 aromatic heterocycles. The lowest BCUT2D eigenvalue weighted by Crippen LogP contribution is -2.32. The second-order valence-corrected chi connectivity index (χ2v) is 4.28. The van der Waals surface area contributed by atoms with Crippen molar-refractivity contribution in [1.82, 2.24) is 4.90 Å². The zero-order chi connectivity index (χ0) is 10.1. The van der Waals surface area contributed by atoms with Crippen LogP contribution in [-0.2, 0) is 0 Å². The quantitative estimate of drug-likeness (QED) is 0.768. The summed E-state index contributed by atoms with van der Waals surface area (Å²) in [5.41, 5.74) is 2.78. The summed E-state index contributed by atoms with van der Waals surface area (Å²) >= 11 is 0. The number of hydrogen-bond acceptors (Lipinski definition) is 2. The predicted octanol–water partition coefficient (Wildman–Crippen LogP) is 2.15. The van der Waals surface area contributed by atoms with Gasteiger partial charge in [0, 0.05) is 24.2 Å². The van der Waals surface area contributed by atoms with Gasteiger partial charge in [-0.2, -0.15) is 0 Å². The van der Waals surface area contributed by atoms with Gasteiger partial charge >= 0.3 is 0 Å². The zero-order valence-electron chi connectivity index (χ0n) is 9.12. The largest absolute Gasteiger partial charge is 0.384 e. The lowest BCUT2D eigenvalue weighted by Gasteiger charge is -2.26. The van der Waals surface area contributed by atoms with E-state index in [1.807, 2.05) is 0 Å². The van der Waals surface area contributed by atoms with Crippen LogP contribution in [0, 0.1) is 0 Å². The highest BCUT2D eigenvalue weighted by Gasteiger charge is 2.27. The highest BCUT2D eigenvalue weighted by molar-refractivity contribution is 5.58. The van der Waals surface area contributed by atoms with Crippen molar-refractivity contribution in [3.05, 3.63) is 29.8 Å². The van der Waals surface area contributed by atoms with E-state index in [0.717, 1.165) is 6.54 Å². The summed E-state index contributed by atoms with van der Waals surface area (Å²) in [6, 6.07) is 9.21. The van der Waals surface area contributed by atoms with Crippen molar-refractivity contribution < 1.29 is 0 Å². The smallest absolute Gasteiger partial charge is 0.0377 e. The Kier molecular flexibility index (Phi) is 2.46. The Morgan fingerprint density at radius 3 is 2.79 bits per heavy atom. The first kappa shape index (κ1) is 9.53. The normalized spacial score (nSPS) is 21.9. The molecule has 2 nitrogen and oxygen atoms in total. The molecule has 2 rings (SSSR count). The molecule has 0 saturated carbocycles. The van der Waals surface area contributed by atoms with E-state index in [1.165, 1.54) is 11.3 Å². The topological polar surface area (TPSA) is 15.3 Å². The van der Waals surface area contributed by atoms with Gasteiger partial charge in [0.1, 0.15) is 0 Å². The Morgan fingerprint density at radius 2 is 2.07 bits per heavy atom. The van der Waals surface area contributed by atoms with Gasteiger partial charge in [0.05, 0.1) is 0 Å². The van der Waals surface area contributed by atoms with Crippen LogP contribution in [0.2, 0.25) is 0 Å². The summed E-state index contributed by atoms with van der Waals surface area (Å²) in [4.78, 5) is 2.29. The molecule has 2 heteroatoms. The number of benzene rings is 1. The molecule has 2 atom stereocenters. The molecule has 0 spiro atoms. The summed E-state index contributed by atoms with van der Waals surface area (Å²) in [5.74, 6) is 0.626. The van der Waals surface area contributed by atoms with Crippen LogP contribution in [0.1, 0.15) is 18.4 Å². The molecule has 0 aliphatic carbocycles. The maximum atomic E-state index is 3.46. The number of para-hydroxylation sites is 1. The van der Waals surface area contributed by atoms with Crippen molar-refractivity contribution in [3.8, 4) is 0 Å². The van der Waals surface area contributed by atoms with E-state index in [9.17, 15) is 0 Å². The van der Waals surface area contributed by atoms with E-state index in [1.54, 1.807) is 0 Å². The lowest BCUT2D eigenvalue weighted by atomic mass is 9.94. The van der Waals surface area contributed by atoms with E-state index >= 15 is 0 Å². The first-order chi connectivity index (χ1) is 6.70. The second kappa shape index (κ2) is 3.62. The number of likely N-dealkylation sites (N-methyl/N-ethyl adjacent to an activating group) is 1. The van der Waals surface area contributed by atoms with Gasteiger partial charge in [0.25, 0.3) is 0 Å². The maximum Gasteiger partial charge on any atom is 0.0377 e. The fourth-order valence-electron chi connectivity index (χ4n) is 2.10. The first-order valence-electron chi connectivity index (χ1n) is 5.19. The molecule has 0 amide bonds. The SMILES string of the molecule is CC(C1CNc2ccccc21)N(C)C. The van der Waals surface area contributed by atoms with Gasteiger partial charge in [-0.25, -0.2) is 0 Å². The van der Waals surface area contributed by atoms with Crippen LogP contribution in [0.15, 0.2) is 24.3 Å². The van der Waals surface area contributed by atoms with Crippen molar-refractivity contribution in [2.75, 3.05) is 26.0 Å². The minimum absolute atomic E-state index is 0.589. The molecule has 1 N–H and O–H groups in total. The van der Waals surface area contributed by atoms with Gasteiger partial charge in [-0.15, -0.1) is 0 Å². The molecule has 1 aromatic carbocycles.